The van der Waals surface area contributed by atoms with Crippen molar-refractivity contribution in [2.75, 3.05) is 7.11 Å². The number of carbonyl (C=O) groups is 2. The first-order valence-electron chi connectivity index (χ1n) is 6.47. The zero-order chi connectivity index (χ0) is 12.1. The van der Waals surface area contributed by atoms with E-state index in [1.165, 1.54) is 7.11 Å². The van der Waals surface area contributed by atoms with E-state index in [0.717, 1.165) is 38.5 Å². The van der Waals surface area contributed by atoms with Crippen LogP contribution in [0.1, 0.15) is 44.9 Å². The third kappa shape index (κ3) is 1.09. The van der Waals surface area contributed by atoms with E-state index in [2.05, 4.69) is 0 Å². The van der Waals surface area contributed by atoms with E-state index in [4.69, 9.17) is 9.47 Å². The minimum absolute atomic E-state index is 0.0506. The molecule has 3 fully saturated rings. The number of rotatable bonds is 1. The molecular formula is C13H18O4. The van der Waals surface area contributed by atoms with Crippen molar-refractivity contribution >= 4 is 11.9 Å². The van der Waals surface area contributed by atoms with E-state index in [9.17, 15) is 9.59 Å². The van der Waals surface area contributed by atoms with E-state index >= 15 is 0 Å². The summed E-state index contributed by atoms with van der Waals surface area (Å²) in [6, 6.07) is 0. The summed E-state index contributed by atoms with van der Waals surface area (Å²) < 4.78 is 10.4. The minimum atomic E-state index is -0.979. The molecule has 0 aromatic carbocycles. The van der Waals surface area contributed by atoms with Gasteiger partial charge in [-0.05, 0) is 32.1 Å². The zero-order valence-electron chi connectivity index (χ0n) is 10.2. The molecule has 0 amide bonds. The van der Waals surface area contributed by atoms with Crippen molar-refractivity contribution in [3.05, 3.63) is 0 Å². The van der Waals surface area contributed by atoms with Gasteiger partial charge in [-0.2, -0.15) is 0 Å². The highest BCUT2D eigenvalue weighted by Crippen LogP contribution is 2.65. The van der Waals surface area contributed by atoms with Crippen LogP contribution < -0.4 is 0 Å². The van der Waals surface area contributed by atoms with Gasteiger partial charge >= 0.3 is 11.9 Å². The Balaban J connectivity index is 2.10. The highest BCUT2D eigenvalue weighted by atomic mass is 16.6. The number of ether oxygens (including phenoxy) is 2. The van der Waals surface area contributed by atoms with Gasteiger partial charge in [0.15, 0.2) is 5.41 Å². The van der Waals surface area contributed by atoms with Crippen LogP contribution in [0.5, 0.6) is 0 Å². The monoisotopic (exact) mass is 238 g/mol. The van der Waals surface area contributed by atoms with Crippen molar-refractivity contribution in [1.29, 1.82) is 0 Å². The van der Waals surface area contributed by atoms with Crippen LogP contribution in [-0.4, -0.2) is 25.2 Å². The molecule has 0 aromatic rings. The first-order valence-corrected chi connectivity index (χ1v) is 6.47. The van der Waals surface area contributed by atoms with Crippen LogP contribution in [0.15, 0.2) is 0 Å². The largest absolute Gasteiger partial charge is 0.468 e. The molecule has 4 heteroatoms. The predicted octanol–water partition coefficient (Wildman–Crippen LogP) is 1.82. The summed E-state index contributed by atoms with van der Waals surface area (Å²) in [5.74, 6) is -0.696. The van der Waals surface area contributed by atoms with E-state index in [-0.39, 0.29) is 23.5 Å². The Labute approximate surface area is 101 Å². The molecule has 3 aliphatic rings. The molecule has 94 valence electrons. The molecule has 0 bridgehead atoms. The SMILES string of the molecule is COC(=O)[C@]12CCC[C@]13CCCC[C@@H]3OC2=O. The van der Waals surface area contributed by atoms with Crippen LogP contribution >= 0.6 is 0 Å². The summed E-state index contributed by atoms with van der Waals surface area (Å²) in [5, 5.41) is 0. The maximum atomic E-state index is 12.2. The van der Waals surface area contributed by atoms with Gasteiger partial charge in [-0.3, -0.25) is 9.59 Å². The minimum Gasteiger partial charge on any atom is -0.468 e. The van der Waals surface area contributed by atoms with Gasteiger partial charge in [0.25, 0.3) is 0 Å². The fraction of sp³-hybridized carbons (Fsp3) is 0.846. The molecule has 1 heterocycles. The van der Waals surface area contributed by atoms with Crippen molar-refractivity contribution < 1.29 is 19.1 Å². The molecule has 2 aliphatic carbocycles. The molecule has 3 atom stereocenters. The number of hydrogen-bond donors (Lipinski definition) is 0. The molecule has 0 N–H and O–H groups in total. The topological polar surface area (TPSA) is 52.6 Å². The first kappa shape index (κ1) is 11.1. The fourth-order valence-corrected chi connectivity index (χ4v) is 4.38. The third-order valence-electron chi connectivity index (χ3n) is 5.11. The molecule has 17 heavy (non-hydrogen) atoms. The second kappa shape index (κ2) is 3.47. The van der Waals surface area contributed by atoms with Gasteiger partial charge in [0.05, 0.1) is 7.11 Å². The molecule has 1 spiro atoms. The first-order chi connectivity index (χ1) is 8.17. The third-order valence-corrected chi connectivity index (χ3v) is 5.11. The lowest BCUT2D eigenvalue weighted by Crippen LogP contribution is -2.49. The molecule has 2 saturated carbocycles. The predicted molar refractivity (Wildman–Crippen MR) is 59.1 cm³/mol. The second-order valence-electron chi connectivity index (χ2n) is 5.55. The van der Waals surface area contributed by atoms with Gasteiger partial charge in [-0.1, -0.05) is 12.8 Å². The average Bonchev–Trinajstić information content (AvgIpc) is 2.81. The molecular weight excluding hydrogens is 220 g/mol. The maximum absolute atomic E-state index is 12.2. The van der Waals surface area contributed by atoms with Crippen LogP contribution in [-0.2, 0) is 19.1 Å². The van der Waals surface area contributed by atoms with Crippen molar-refractivity contribution in [3.8, 4) is 0 Å². The summed E-state index contributed by atoms with van der Waals surface area (Å²) >= 11 is 0. The van der Waals surface area contributed by atoms with Gasteiger partial charge in [0.1, 0.15) is 6.10 Å². The van der Waals surface area contributed by atoms with E-state index in [1.807, 2.05) is 0 Å². The molecule has 0 unspecified atom stereocenters. The Morgan fingerprint density at radius 2 is 2.06 bits per heavy atom. The number of methoxy groups -OCH3 is 1. The lowest BCUT2D eigenvalue weighted by atomic mass is 9.59. The summed E-state index contributed by atoms with van der Waals surface area (Å²) in [6.45, 7) is 0. The Morgan fingerprint density at radius 3 is 2.82 bits per heavy atom. The molecule has 1 saturated heterocycles. The van der Waals surface area contributed by atoms with Crippen LogP contribution in [0.4, 0.5) is 0 Å². The summed E-state index contributed by atoms with van der Waals surface area (Å²) in [5.41, 5.74) is -1.23. The van der Waals surface area contributed by atoms with Gasteiger partial charge in [-0.25, -0.2) is 0 Å². The average molecular weight is 238 g/mol. The fourth-order valence-electron chi connectivity index (χ4n) is 4.38. The Hall–Kier alpha value is -1.06. The van der Waals surface area contributed by atoms with Crippen LogP contribution in [0.25, 0.3) is 0 Å². The van der Waals surface area contributed by atoms with E-state index < -0.39 is 5.41 Å². The van der Waals surface area contributed by atoms with Gasteiger partial charge < -0.3 is 9.47 Å². The smallest absolute Gasteiger partial charge is 0.324 e. The quantitative estimate of drug-likeness (QED) is 0.516. The van der Waals surface area contributed by atoms with Gasteiger partial charge in [0, 0.05) is 5.41 Å². The number of carbonyl (C=O) groups excluding carboxylic acids is 2. The van der Waals surface area contributed by atoms with Crippen molar-refractivity contribution in [1.82, 2.24) is 0 Å². The zero-order valence-corrected chi connectivity index (χ0v) is 10.2. The molecule has 3 rings (SSSR count). The number of esters is 2. The number of hydrogen-bond acceptors (Lipinski definition) is 4. The second-order valence-corrected chi connectivity index (χ2v) is 5.55. The normalized spacial score (nSPS) is 43.8. The van der Waals surface area contributed by atoms with Crippen LogP contribution in [0.2, 0.25) is 0 Å². The molecule has 4 nitrogen and oxygen atoms in total. The Bertz CT molecular complexity index is 378. The molecule has 0 aromatic heterocycles. The van der Waals surface area contributed by atoms with Crippen LogP contribution in [0, 0.1) is 10.8 Å². The van der Waals surface area contributed by atoms with Gasteiger partial charge in [-0.15, -0.1) is 0 Å². The summed E-state index contributed by atoms with van der Waals surface area (Å²) in [6.07, 6.45) is 6.44. The Morgan fingerprint density at radius 1 is 1.29 bits per heavy atom. The highest BCUT2D eigenvalue weighted by Gasteiger charge is 2.74. The van der Waals surface area contributed by atoms with E-state index in [1.54, 1.807) is 0 Å². The molecule has 0 radical (unpaired) electrons. The maximum Gasteiger partial charge on any atom is 0.324 e. The van der Waals surface area contributed by atoms with Crippen LogP contribution in [0.3, 0.4) is 0 Å². The standard InChI is InChI=1S/C13H18O4/c1-16-10(14)13-8-4-7-12(13)6-3-2-5-9(12)17-11(13)15/h9H,2-8H2,1H3/t9-,12-,13-/m0/s1. The van der Waals surface area contributed by atoms with Crippen molar-refractivity contribution in [3.63, 3.8) is 0 Å². The summed E-state index contributed by atoms with van der Waals surface area (Å²) in [4.78, 5) is 24.4. The van der Waals surface area contributed by atoms with E-state index in [0.29, 0.717) is 6.42 Å². The Kier molecular flexibility index (Phi) is 2.25. The highest BCUT2D eigenvalue weighted by molar-refractivity contribution is 6.03. The lowest BCUT2D eigenvalue weighted by molar-refractivity contribution is -0.166. The summed E-state index contributed by atoms with van der Waals surface area (Å²) in [7, 11) is 1.37. The molecule has 1 aliphatic heterocycles. The van der Waals surface area contributed by atoms with Crippen molar-refractivity contribution in [2.24, 2.45) is 10.8 Å². The lowest BCUT2D eigenvalue weighted by Gasteiger charge is -2.40. The van der Waals surface area contributed by atoms with Crippen molar-refractivity contribution in [2.45, 2.75) is 51.0 Å². The van der Waals surface area contributed by atoms with Gasteiger partial charge in [0.2, 0.25) is 0 Å².